The van der Waals surface area contributed by atoms with Gasteiger partial charge < -0.3 is 18.9 Å². The Morgan fingerprint density at radius 1 is 1.09 bits per heavy atom. The van der Waals surface area contributed by atoms with E-state index in [-0.39, 0.29) is 11.5 Å². The Morgan fingerprint density at radius 2 is 1.91 bits per heavy atom. The van der Waals surface area contributed by atoms with Gasteiger partial charge >= 0.3 is 0 Å². The second-order valence-electron chi connectivity index (χ2n) is 8.73. The van der Waals surface area contributed by atoms with Crippen LogP contribution in [0.15, 0.2) is 30.0 Å². The fraction of sp³-hybridized carbons (Fsp3) is 0.423. The van der Waals surface area contributed by atoms with Crippen LogP contribution in [0, 0.1) is 6.92 Å². The smallest absolute Gasteiger partial charge is 0.232 e. The summed E-state index contributed by atoms with van der Waals surface area (Å²) in [6, 6.07) is 7.98. The fourth-order valence-electron chi connectivity index (χ4n) is 5.02. The molecule has 2 aromatic rings. The molecule has 2 aromatic carbocycles. The topological polar surface area (TPSA) is 57.2 Å². The number of ketones is 1. The molecule has 6 heteroatoms. The van der Waals surface area contributed by atoms with Crippen molar-refractivity contribution in [2.75, 3.05) is 21.0 Å². The van der Waals surface area contributed by atoms with Crippen LogP contribution in [0.3, 0.4) is 0 Å². The fourth-order valence-corrected chi connectivity index (χ4v) is 5.02. The highest BCUT2D eigenvalue weighted by Crippen LogP contribution is 2.45. The number of carbonyl (C=O) groups excluding carboxylic acids is 1. The van der Waals surface area contributed by atoms with E-state index in [2.05, 4.69) is 4.90 Å². The van der Waals surface area contributed by atoms with Gasteiger partial charge in [0.1, 0.15) is 29.7 Å². The first kappa shape index (κ1) is 20.9. The van der Waals surface area contributed by atoms with Crippen molar-refractivity contribution in [3.63, 3.8) is 0 Å². The van der Waals surface area contributed by atoms with Crippen molar-refractivity contribution in [1.29, 1.82) is 0 Å². The van der Waals surface area contributed by atoms with Crippen molar-refractivity contribution in [2.45, 2.75) is 51.6 Å². The van der Waals surface area contributed by atoms with Gasteiger partial charge in [-0.15, -0.1) is 0 Å². The molecule has 3 aliphatic rings. The second-order valence-corrected chi connectivity index (χ2v) is 8.73. The lowest BCUT2D eigenvalue weighted by atomic mass is 9.93. The van der Waals surface area contributed by atoms with Crippen LogP contribution in [0.1, 0.15) is 59.2 Å². The molecule has 32 heavy (non-hydrogen) atoms. The number of fused-ring (bicyclic) bond motifs is 3. The molecule has 0 saturated heterocycles. The van der Waals surface area contributed by atoms with E-state index in [9.17, 15) is 4.79 Å². The lowest BCUT2D eigenvalue weighted by Gasteiger charge is -2.37. The Morgan fingerprint density at radius 3 is 2.66 bits per heavy atom. The van der Waals surface area contributed by atoms with Crippen molar-refractivity contribution >= 4 is 11.9 Å². The van der Waals surface area contributed by atoms with Gasteiger partial charge in [-0.25, -0.2) is 0 Å². The molecule has 6 nitrogen and oxygen atoms in total. The quantitative estimate of drug-likeness (QED) is 0.622. The molecule has 1 aliphatic carbocycles. The Hall–Kier alpha value is -2.99. The molecule has 1 saturated carbocycles. The van der Waals surface area contributed by atoms with Gasteiger partial charge in [0.15, 0.2) is 5.76 Å². The number of aryl methyl sites for hydroxylation is 1. The van der Waals surface area contributed by atoms with E-state index < -0.39 is 0 Å². The normalized spacial score (nSPS) is 19.8. The Bertz CT molecular complexity index is 1080. The monoisotopic (exact) mass is 435 g/mol. The number of hydrogen-bond donors (Lipinski definition) is 0. The molecule has 0 N–H and O–H groups in total. The number of ether oxygens (including phenoxy) is 4. The molecule has 0 amide bonds. The molecule has 0 unspecified atom stereocenters. The van der Waals surface area contributed by atoms with Crippen molar-refractivity contribution in [3.05, 3.63) is 52.3 Å². The Balaban J connectivity index is 1.50. The SMILES string of the molecule is COc1ccc(OC)c(/C=C2\Oc3c4c(cc(C)c3C2=O)OCN(C2CCCCC2)C4)c1. The predicted molar refractivity (Wildman–Crippen MR) is 122 cm³/mol. The predicted octanol–water partition coefficient (Wildman–Crippen LogP) is 5.11. The number of methoxy groups -OCH3 is 2. The van der Waals surface area contributed by atoms with Gasteiger partial charge in [-0.2, -0.15) is 0 Å². The highest BCUT2D eigenvalue weighted by Gasteiger charge is 2.37. The van der Waals surface area contributed by atoms with E-state index in [0.29, 0.717) is 35.6 Å². The van der Waals surface area contributed by atoms with Crippen LogP contribution < -0.4 is 18.9 Å². The summed E-state index contributed by atoms with van der Waals surface area (Å²) in [4.78, 5) is 15.7. The first-order valence-corrected chi connectivity index (χ1v) is 11.3. The van der Waals surface area contributed by atoms with E-state index in [1.807, 2.05) is 31.2 Å². The first-order valence-electron chi connectivity index (χ1n) is 11.3. The van der Waals surface area contributed by atoms with Gasteiger partial charge in [-0.3, -0.25) is 9.69 Å². The maximum atomic E-state index is 13.3. The average molecular weight is 436 g/mol. The minimum Gasteiger partial charge on any atom is -0.497 e. The highest BCUT2D eigenvalue weighted by atomic mass is 16.5. The Labute approximate surface area is 188 Å². The van der Waals surface area contributed by atoms with Gasteiger partial charge in [-0.05, 0) is 55.7 Å². The molecule has 0 atom stereocenters. The van der Waals surface area contributed by atoms with E-state index in [1.165, 1.54) is 32.1 Å². The summed E-state index contributed by atoms with van der Waals surface area (Å²) in [5.41, 5.74) is 3.20. The van der Waals surface area contributed by atoms with Crippen LogP contribution in [-0.2, 0) is 6.54 Å². The van der Waals surface area contributed by atoms with E-state index in [1.54, 1.807) is 20.3 Å². The zero-order valence-corrected chi connectivity index (χ0v) is 18.9. The molecule has 5 rings (SSSR count). The number of Topliss-reactive ketones (excluding diaryl/α,β-unsaturated/α-hetero) is 1. The van der Waals surface area contributed by atoms with Crippen LogP contribution in [0.25, 0.3) is 6.08 Å². The summed E-state index contributed by atoms with van der Waals surface area (Å²) in [7, 11) is 3.22. The van der Waals surface area contributed by atoms with Gasteiger partial charge in [0, 0.05) is 18.2 Å². The van der Waals surface area contributed by atoms with Crippen LogP contribution in [0.2, 0.25) is 0 Å². The number of benzene rings is 2. The minimum absolute atomic E-state index is 0.111. The molecular weight excluding hydrogens is 406 g/mol. The lowest BCUT2D eigenvalue weighted by molar-refractivity contribution is 0.0393. The zero-order chi connectivity index (χ0) is 22.2. The number of carbonyl (C=O) groups is 1. The van der Waals surface area contributed by atoms with Crippen LogP contribution in [0.4, 0.5) is 0 Å². The first-order chi connectivity index (χ1) is 15.6. The molecule has 2 heterocycles. The number of allylic oxidation sites excluding steroid dienone is 1. The van der Waals surface area contributed by atoms with E-state index >= 15 is 0 Å². The minimum atomic E-state index is -0.111. The molecule has 168 valence electrons. The third-order valence-corrected chi connectivity index (χ3v) is 6.77. The summed E-state index contributed by atoms with van der Waals surface area (Å²) in [5.74, 6) is 2.97. The molecule has 2 aliphatic heterocycles. The summed E-state index contributed by atoms with van der Waals surface area (Å²) in [6.07, 6.45) is 7.99. The Kier molecular flexibility index (Phi) is 5.55. The number of hydrogen-bond acceptors (Lipinski definition) is 6. The average Bonchev–Trinajstić information content (AvgIpc) is 3.16. The molecule has 1 fully saturated rings. The highest BCUT2D eigenvalue weighted by molar-refractivity contribution is 6.16. The van der Waals surface area contributed by atoms with Gasteiger partial charge in [-0.1, -0.05) is 19.3 Å². The van der Waals surface area contributed by atoms with Gasteiger partial charge in [0.25, 0.3) is 0 Å². The van der Waals surface area contributed by atoms with Crippen molar-refractivity contribution in [1.82, 2.24) is 4.90 Å². The zero-order valence-electron chi connectivity index (χ0n) is 18.9. The standard InChI is InChI=1S/C26H29NO5/c1-16-11-22-20(14-27(15-31-22)18-7-5-4-6-8-18)26-24(16)25(28)23(32-26)13-17-12-19(29-2)9-10-21(17)30-3/h9-13,18H,4-8,14-15H2,1-3H3/b23-13-. The van der Waals surface area contributed by atoms with E-state index in [0.717, 1.165) is 29.0 Å². The second kappa shape index (κ2) is 8.51. The number of rotatable bonds is 4. The largest absolute Gasteiger partial charge is 0.497 e. The molecule has 0 spiro atoms. The summed E-state index contributed by atoms with van der Waals surface area (Å²) >= 11 is 0. The molecule has 0 aromatic heterocycles. The maximum absolute atomic E-state index is 13.3. The maximum Gasteiger partial charge on any atom is 0.232 e. The van der Waals surface area contributed by atoms with Gasteiger partial charge in [0.2, 0.25) is 5.78 Å². The van der Waals surface area contributed by atoms with Crippen molar-refractivity contribution in [3.8, 4) is 23.0 Å². The molecule has 0 radical (unpaired) electrons. The molecule has 0 bridgehead atoms. The van der Waals surface area contributed by atoms with E-state index in [4.69, 9.17) is 18.9 Å². The summed E-state index contributed by atoms with van der Waals surface area (Å²) < 4.78 is 23.2. The van der Waals surface area contributed by atoms with Crippen molar-refractivity contribution < 1.29 is 23.7 Å². The number of nitrogens with zero attached hydrogens (tertiary/aromatic N) is 1. The third-order valence-electron chi connectivity index (χ3n) is 6.77. The third kappa shape index (κ3) is 3.62. The lowest BCUT2D eigenvalue weighted by Crippen LogP contribution is -2.41. The summed E-state index contributed by atoms with van der Waals surface area (Å²) in [6.45, 7) is 3.27. The molecular formula is C26H29NO5. The van der Waals surface area contributed by atoms with Crippen LogP contribution >= 0.6 is 0 Å². The van der Waals surface area contributed by atoms with Crippen LogP contribution in [-0.4, -0.2) is 37.7 Å². The van der Waals surface area contributed by atoms with Crippen LogP contribution in [0.5, 0.6) is 23.0 Å². The summed E-state index contributed by atoms with van der Waals surface area (Å²) in [5, 5.41) is 0. The van der Waals surface area contributed by atoms with Gasteiger partial charge in [0.05, 0.1) is 25.3 Å². The van der Waals surface area contributed by atoms with Crippen molar-refractivity contribution in [2.24, 2.45) is 0 Å².